The summed E-state index contributed by atoms with van der Waals surface area (Å²) in [5.74, 6) is 0.123. The van der Waals surface area contributed by atoms with Gasteiger partial charge in [0.05, 0.1) is 15.7 Å². The highest BCUT2D eigenvalue weighted by Crippen LogP contribution is 2.39. The second-order valence-corrected chi connectivity index (χ2v) is 6.93. The monoisotopic (exact) mass is 293 g/mol. The molecule has 0 saturated carbocycles. The van der Waals surface area contributed by atoms with Crippen molar-refractivity contribution < 1.29 is 8.42 Å². The lowest BCUT2D eigenvalue weighted by Gasteiger charge is -2.18. The van der Waals surface area contributed by atoms with E-state index >= 15 is 0 Å². The second kappa shape index (κ2) is 4.76. The second-order valence-electron chi connectivity index (χ2n) is 4.07. The van der Waals surface area contributed by atoms with Gasteiger partial charge in [0.25, 0.3) is 0 Å². The number of nitrogens with one attached hydrogen (secondary N) is 1. The van der Waals surface area contributed by atoms with Gasteiger partial charge in [0.2, 0.25) is 0 Å². The zero-order valence-electron chi connectivity index (χ0n) is 9.33. The van der Waals surface area contributed by atoms with Crippen LogP contribution in [0.15, 0.2) is 17.0 Å². The minimum Gasteiger partial charge on any atom is -0.313 e. The average Bonchev–Trinajstić information content (AvgIpc) is 2.40. The van der Waals surface area contributed by atoms with Crippen LogP contribution >= 0.6 is 23.2 Å². The number of hydrogen-bond donors (Lipinski definition) is 1. The number of benzene rings is 1. The maximum atomic E-state index is 12.2. The molecule has 3 nitrogen and oxygen atoms in total. The molecule has 1 aliphatic rings. The third-order valence-corrected chi connectivity index (χ3v) is 5.65. The topological polar surface area (TPSA) is 46.2 Å². The molecule has 1 aliphatic heterocycles. The van der Waals surface area contributed by atoms with Gasteiger partial charge in [0.1, 0.15) is 0 Å². The Bertz CT molecular complexity index is 543. The van der Waals surface area contributed by atoms with Gasteiger partial charge in [0, 0.05) is 16.6 Å². The van der Waals surface area contributed by atoms with Crippen LogP contribution in [0.5, 0.6) is 0 Å². The maximum Gasteiger partial charge on any atom is 0.180 e. The van der Waals surface area contributed by atoms with Gasteiger partial charge in [-0.25, -0.2) is 8.42 Å². The Morgan fingerprint density at radius 2 is 1.94 bits per heavy atom. The first-order chi connectivity index (χ1) is 7.97. The van der Waals surface area contributed by atoms with Crippen molar-refractivity contribution in [2.75, 3.05) is 12.8 Å². The number of rotatable bonds is 1. The van der Waals surface area contributed by atoms with Crippen molar-refractivity contribution in [2.45, 2.75) is 23.8 Å². The van der Waals surface area contributed by atoms with Gasteiger partial charge in [0.15, 0.2) is 9.84 Å². The van der Waals surface area contributed by atoms with Crippen LogP contribution in [0.3, 0.4) is 0 Å². The van der Waals surface area contributed by atoms with Crippen molar-refractivity contribution in [2.24, 2.45) is 0 Å². The lowest BCUT2D eigenvalue weighted by Crippen LogP contribution is -2.17. The molecule has 1 atom stereocenters. The summed E-state index contributed by atoms with van der Waals surface area (Å²) >= 11 is 12.2. The molecule has 2 rings (SSSR count). The Balaban J connectivity index is 2.78. The van der Waals surface area contributed by atoms with E-state index in [0.717, 1.165) is 6.42 Å². The first-order valence-electron chi connectivity index (χ1n) is 5.35. The van der Waals surface area contributed by atoms with Crippen molar-refractivity contribution in [3.63, 3.8) is 0 Å². The fourth-order valence-electron chi connectivity index (χ4n) is 2.20. The van der Waals surface area contributed by atoms with E-state index in [9.17, 15) is 8.42 Å². The molecule has 0 radical (unpaired) electrons. The van der Waals surface area contributed by atoms with Gasteiger partial charge in [-0.15, -0.1) is 0 Å². The molecule has 1 aromatic rings. The normalized spacial score (nSPS) is 22.9. The number of fused-ring (bicyclic) bond motifs is 1. The number of hydrogen-bond acceptors (Lipinski definition) is 3. The molecule has 17 heavy (non-hydrogen) atoms. The van der Waals surface area contributed by atoms with Crippen LogP contribution in [-0.4, -0.2) is 21.2 Å². The molecular weight excluding hydrogens is 281 g/mol. The van der Waals surface area contributed by atoms with Crippen LogP contribution in [0.2, 0.25) is 10.0 Å². The highest BCUT2D eigenvalue weighted by Gasteiger charge is 2.31. The van der Waals surface area contributed by atoms with E-state index in [-0.39, 0.29) is 21.7 Å². The molecule has 0 aliphatic carbocycles. The van der Waals surface area contributed by atoms with E-state index in [1.807, 2.05) is 0 Å². The summed E-state index contributed by atoms with van der Waals surface area (Å²) < 4.78 is 24.3. The molecule has 6 heteroatoms. The van der Waals surface area contributed by atoms with Crippen LogP contribution in [-0.2, 0) is 9.84 Å². The average molecular weight is 294 g/mol. The minimum absolute atomic E-state index is 0.0616. The van der Waals surface area contributed by atoms with E-state index < -0.39 is 9.84 Å². The molecule has 0 saturated heterocycles. The molecule has 1 heterocycles. The Morgan fingerprint density at radius 1 is 1.29 bits per heavy atom. The van der Waals surface area contributed by atoms with E-state index in [4.69, 9.17) is 23.2 Å². The minimum atomic E-state index is -3.33. The van der Waals surface area contributed by atoms with Crippen LogP contribution in [0.1, 0.15) is 24.4 Å². The molecule has 1 N–H and O–H groups in total. The predicted molar refractivity (Wildman–Crippen MR) is 69.5 cm³/mol. The van der Waals surface area contributed by atoms with Gasteiger partial charge in [-0.1, -0.05) is 23.2 Å². The van der Waals surface area contributed by atoms with E-state index in [2.05, 4.69) is 5.32 Å². The molecule has 0 amide bonds. The quantitative estimate of drug-likeness (QED) is 0.866. The van der Waals surface area contributed by atoms with Crippen LogP contribution in [0.4, 0.5) is 0 Å². The lowest BCUT2D eigenvalue weighted by atomic mass is 10.0. The first kappa shape index (κ1) is 13.1. The van der Waals surface area contributed by atoms with Crippen molar-refractivity contribution in [3.8, 4) is 0 Å². The number of halogens is 2. The van der Waals surface area contributed by atoms with E-state index in [0.29, 0.717) is 17.0 Å². The van der Waals surface area contributed by atoms with Crippen molar-refractivity contribution >= 4 is 33.0 Å². The van der Waals surface area contributed by atoms with Gasteiger partial charge >= 0.3 is 0 Å². The summed E-state index contributed by atoms with van der Waals surface area (Å²) in [5, 5.41) is 3.81. The summed E-state index contributed by atoms with van der Waals surface area (Å²) in [6.07, 6.45) is 1.35. The maximum absolute atomic E-state index is 12.2. The smallest absolute Gasteiger partial charge is 0.180 e. The first-order valence-corrected chi connectivity index (χ1v) is 7.76. The highest BCUT2D eigenvalue weighted by molar-refractivity contribution is 7.91. The van der Waals surface area contributed by atoms with Gasteiger partial charge in [-0.2, -0.15) is 0 Å². The summed E-state index contributed by atoms with van der Waals surface area (Å²) in [6, 6.07) is 3.13. The molecule has 1 aromatic carbocycles. The van der Waals surface area contributed by atoms with Crippen molar-refractivity contribution in [3.05, 3.63) is 27.7 Å². The third-order valence-electron chi connectivity index (χ3n) is 3.01. The Hall–Kier alpha value is -0.290. The van der Waals surface area contributed by atoms with Gasteiger partial charge in [-0.3, -0.25) is 0 Å². The largest absolute Gasteiger partial charge is 0.313 e. The molecule has 0 spiro atoms. The Morgan fingerprint density at radius 3 is 2.59 bits per heavy atom. The summed E-state index contributed by atoms with van der Waals surface area (Å²) in [5.41, 5.74) is 0.610. The third kappa shape index (κ3) is 2.32. The van der Waals surface area contributed by atoms with Crippen molar-refractivity contribution in [1.82, 2.24) is 5.32 Å². The molecule has 94 valence electrons. The van der Waals surface area contributed by atoms with Crippen LogP contribution < -0.4 is 5.32 Å². The molecule has 0 aromatic heterocycles. The Kier molecular flexibility index (Phi) is 3.69. The predicted octanol–water partition coefficient (Wildman–Crippen LogP) is 2.82. The zero-order chi connectivity index (χ0) is 12.6. The summed E-state index contributed by atoms with van der Waals surface area (Å²) in [7, 11) is -1.54. The number of sulfone groups is 1. The zero-order valence-corrected chi connectivity index (χ0v) is 11.7. The van der Waals surface area contributed by atoms with Crippen LogP contribution in [0.25, 0.3) is 0 Å². The fourth-order valence-corrected chi connectivity index (χ4v) is 4.77. The van der Waals surface area contributed by atoms with Crippen molar-refractivity contribution in [1.29, 1.82) is 0 Å². The lowest BCUT2D eigenvalue weighted by molar-refractivity contribution is 0.541. The van der Waals surface area contributed by atoms with Gasteiger partial charge < -0.3 is 5.32 Å². The Labute approximate surface area is 111 Å². The standard InChI is InChI=1S/C11H13Cl2NO2S/c1-14-9-3-2-6-17(15,16)11-8(13)5-4-7(12)10(9)11/h4-5,9,14H,2-3,6H2,1H3. The molecular formula is C11H13Cl2NO2S. The SMILES string of the molecule is CNC1CCCS(=O)(=O)c2c(Cl)ccc(Cl)c21. The fraction of sp³-hybridized carbons (Fsp3) is 0.455. The van der Waals surface area contributed by atoms with E-state index in [1.54, 1.807) is 13.1 Å². The summed E-state index contributed by atoms with van der Waals surface area (Å²) in [4.78, 5) is 0.198. The summed E-state index contributed by atoms with van der Waals surface area (Å²) in [6.45, 7) is 0. The molecule has 0 fully saturated rings. The van der Waals surface area contributed by atoms with Gasteiger partial charge in [-0.05, 0) is 32.0 Å². The highest BCUT2D eigenvalue weighted by atomic mass is 35.5. The molecule has 0 bridgehead atoms. The van der Waals surface area contributed by atoms with E-state index in [1.165, 1.54) is 6.07 Å². The molecule has 1 unspecified atom stereocenters. The van der Waals surface area contributed by atoms with Crippen LogP contribution in [0, 0.1) is 0 Å².